The fraction of sp³-hybridized carbons (Fsp3) is 0.176. The number of halogens is 1. The quantitative estimate of drug-likeness (QED) is 0.727. The van der Waals surface area contributed by atoms with E-state index in [2.05, 4.69) is 15.4 Å². The van der Waals surface area contributed by atoms with Gasteiger partial charge in [0.25, 0.3) is 0 Å². The van der Waals surface area contributed by atoms with Gasteiger partial charge in [-0.25, -0.2) is 13.2 Å². The van der Waals surface area contributed by atoms with Gasteiger partial charge in [0, 0.05) is 11.3 Å². The van der Waals surface area contributed by atoms with E-state index >= 15 is 0 Å². The fourth-order valence-corrected chi connectivity index (χ4v) is 3.32. The molecule has 1 amide bonds. The van der Waals surface area contributed by atoms with Crippen LogP contribution < -0.4 is 10.6 Å². The molecular weight excluding hydrogens is 380 g/mol. The Labute approximate surface area is 156 Å². The van der Waals surface area contributed by atoms with E-state index in [1.807, 2.05) is 0 Å². The molecule has 26 heavy (non-hydrogen) atoms. The number of carbonyl (C=O) groups is 2. The molecule has 2 aromatic carbocycles. The van der Waals surface area contributed by atoms with Crippen LogP contribution in [-0.4, -0.2) is 40.2 Å². The predicted octanol–water partition coefficient (Wildman–Crippen LogP) is 2.58. The lowest BCUT2D eigenvalue weighted by Crippen LogP contribution is -2.23. The van der Waals surface area contributed by atoms with Crippen molar-refractivity contribution in [3.63, 3.8) is 0 Å². The van der Waals surface area contributed by atoms with Crippen molar-refractivity contribution in [2.75, 3.05) is 30.5 Å². The highest BCUT2D eigenvalue weighted by Crippen LogP contribution is 2.25. The number of para-hydroxylation sites is 1. The Morgan fingerprint density at radius 2 is 1.81 bits per heavy atom. The van der Waals surface area contributed by atoms with E-state index in [-0.39, 0.29) is 27.7 Å². The fourth-order valence-electron chi connectivity index (χ4n) is 2.20. The molecule has 0 spiro atoms. The minimum atomic E-state index is -3.52. The zero-order valence-corrected chi connectivity index (χ0v) is 15.6. The molecule has 2 rings (SSSR count). The number of methoxy groups -OCH3 is 1. The van der Waals surface area contributed by atoms with Crippen LogP contribution in [0.1, 0.15) is 10.4 Å². The highest BCUT2D eigenvalue weighted by Gasteiger charge is 2.16. The van der Waals surface area contributed by atoms with Gasteiger partial charge in [-0.1, -0.05) is 23.7 Å². The first-order valence-corrected chi connectivity index (χ1v) is 9.70. The molecule has 9 heteroatoms. The van der Waals surface area contributed by atoms with Gasteiger partial charge in [-0.05, 0) is 30.3 Å². The number of sulfone groups is 1. The average molecular weight is 397 g/mol. The summed E-state index contributed by atoms with van der Waals surface area (Å²) in [5.41, 5.74) is 0.769. The van der Waals surface area contributed by atoms with Crippen LogP contribution in [0.15, 0.2) is 47.4 Å². The molecule has 0 aliphatic heterocycles. The highest BCUT2D eigenvalue weighted by atomic mass is 35.5. The van der Waals surface area contributed by atoms with Gasteiger partial charge in [0.15, 0.2) is 9.84 Å². The summed E-state index contributed by atoms with van der Waals surface area (Å²) >= 11 is 5.84. The van der Waals surface area contributed by atoms with Crippen molar-refractivity contribution >= 4 is 44.7 Å². The Balaban J connectivity index is 2.13. The molecule has 0 atom stereocenters. The van der Waals surface area contributed by atoms with Gasteiger partial charge in [-0.15, -0.1) is 0 Å². The lowest BCUT2D eigenvalue weighted by Gasteiger charge is -2.13. The molecule has 0 radical (unpaired) electrons. The Morgan fingerprint density at radius 1 is 1.12 bits per heavy atom. The Hall–Kier alpha value is -2.58. The van der Waals surface area contributed by atoms with Gasteiger partial charge in [-0.3, -0.25) is 4.79 Å². The molecule has 0 aromatic heterocycles. The largest absolute Gasteiger partial charge is 0.465 e. The number of rotatable bonds is 6. The van der Waals surface area contributed by atoms with Crippen LogP contribution in [0.25, 0.3) is 0 Å². The number of ether oxygens (including phenoxy) is 1. The number of anilines is 2. The smallest absolute Gasteiger partial charge is 0.339 e. The van der Waals surface area contributed by atoms with E-state index < -0.39 is 21.7 Å². The summed E-state index contributed by atoms with van der Waals surface area (Å²) in [5, 5.41) is 5.62. The molecule has 0 unspecified atom stereocenters. The highest BCUT2D eigenvalue weighted by molar-refractivity contribution is 7.90. The summed E-state index contributed by atoms with van der Waals surface area (Å²) in [5.74, 6) is -1.04. The Kier molecular flexibility index (Phi) is 6.23. The molecule has 0 saturated carbocycles. The lowest BCUT2D eigenvalue weighted by molar-refractivity contribution is -0.114. The van der Waals surface area contributed by atoms with Gasteiger partial charge >= 0.3 is 5.97 Å². The predicted molar refractivity (Wildman–Crippen MR) is 99.5 cm³/mol. The van der Waals surface area contributed by atoms with Crippen LogP contribution in [0, 0.1) is 0 Å². The second-order valence-corrected chi connectivity index (χ2v) is 7.77. The molecule has 0 aliphatic carbocycles. The lowest BCUT2D eigenvalue weighted by atomic mass is 10.2. The maximum absolute atomic E-state index is 12.2. The van der Waals surface area contributed by atoms with Crippen molar-refractivity contribution < 1.29 is 22.7 Å². The van der Waals surface area contributed by atoms with Crippen LogP contribution in [0.3, 0.4) is 0 Å². The molecule has 7 nitrogen and oxygen atoms in total. The van der Waals surface area contributed by atoms with Crippen molar-refractivity contribution in [3.05, 3.63) is 53.1 Å². The van der Waals surface area contributed by atoms with Gasteiger partial charge in [0.1, 0.15) is 0 Å². The number of nitrogens with one attached hydrogen (secondary N) is 2. The van der Waals surface area contributed by atoms with Crippen LogP contribution in [0.5, 0.6) is 0 Å². The summed E-state index contributed by atoms with van der Waals surface area (Å²) in [7, 11) is -2.28. The zero-order valence-electron chi connectivity index (χ0n) is 14.1. The van der Waals surface area contributed by atoms with Gasteiger partial charge < -0.3 is 15.4 Å². The van der Waals surface area contributed by atoms with Crippen LogP contribution in [0.2, 0.25) is 5.02 Å². The number of benzene rings is 2. The van der Waals surface area contributed by atoms with E-state index in [9.17, 15) is 18.0 Å². The molecule has 0 saturated heterocycles. The topological polar surface area (TPSA) is 102 Å². The third-order valence-electron chi connectivity index (χ3n) is 3.39. The average Bonchev–Trinajstić information content (AvgIpc) is 2.59. The summed E-state index contributed by atoms with van der Waals surface area (Å²) in [6.45, 7) is -0.209. The summed E-state index contributed by atoms with van der Waals surface area (Å²) in [6, 6.07) is 10.7. The molecular formula is C17H17ClN2O5S. The molecule has 2 N–H and O–H groups in total. The van der Waals surface area contributed by atoms with Gasteiger partial charge in [0.2, 0.25) is 5.91 Å². The summed E-state index contributed by atoms with van der Waals surface area (Å²) in [6.07, 6.45) is 1.05. The van der Waals surface area contributed by atoms with Crippen LogP contribution in [-0.2, 0) is 19.4 Å². The first-order chi connectivity index (χ1) is 12.2. The van der Waals surface area contributed by atoms with Crippen molar-refractivity contribution in [2.45, 2.75) is 4.90 Å². The minimum Gasteiger partial charge on any atom is -0.465 e. The Bertz CT molecular complexity index is 944. The second-order valence-electron chi connectivity index (χ2n) is 5.35. The van der Waals surface area contributed by atoms with Crippen molar-refractivity contribution in [1.29, 1.82) is 0 Å². The van der Waals surface area contributed by atoms with Crippen molar-refractivity contribution in [2.24, 2.45) is 0 Å². The minimum absolute atomic E-state index is 0.00670. The number of carbonyl (C=O) groups excluding carboxylic acids is 2. The van der Waals surface area contributed by atoms with E-state index in [4.69, 9.17) is 11.6 Å². The molecule has 0 aliphatic rings. The van der Waals surface area contributed by atoms with E-state index in [0.29, 0.717) is 5.69 Å². The molecule has 0 heterocycles. The Morgan fingerprint density at radius 3 is 2.46 bits per heavy atom. The van der Waals surface area contributed by atoms with Crippen LogP contribution >= 0.6 is 11.6 Å². The molecule has 138 valence electrons. The first kappa shape index (κ1) is 19.7. The van der Waals surface area contributed by atoms with Gasteiger partial charge in [-0.2, -0.15) is 0 Å². The van der Waals surface area contributed by atoms with E-state index in [0.717, 1.165) is 6.26 Å². The standard InChI is InChI=1S/C17H17ClN2O5S/c1-25-17(22)12-5-3-4-6-13(12)20-16(21)10-19-14-8-7-11(18)9-15(14)26(2,23)24/h3-9,19H,10H2,1-2H3,(H,20,21). The van der Waals surface area contributed by atoms with Crippen molar-refractivity contribution in [1.82, 2.24) is 0 Å². The second kappa shape index (κ2) is 8.20. The monoisotopic (exact) mass is 396 g/mol. The number of amides is 1. The SMILES string of the molecule is COC(=O)c1ccccc1NC(=O)CNc1ccc(Cl)cc1S(C)(=O)=O. The molecule has 0 fully saturated rings. The zero-order chi connectivity index (χ0) is 19.3. The summed E-state index contributed by atoms with van der Waals surface area (Å²) < 4.78 is 28.4. The third kappa shape index (κ3) is 4.96. The van der Waals surface area contributed by atoms with E-state index in [1.54, 1.807) is 18.2 Å². The van der Waals surface area contributed by atoms with Crippen LogP contribution in [0.4, 0.5) is 11.4 Å². The third-order valence-corrected chi connectivity index (χ3v) is 4.76. The van der Waals surface area contributed by atoms with Gasteiger partial charge in [0.05, 0.1) is 35.5 Å². The number of esters is 1. The molecule has 0 bridgehead atoms. The van der Waals surface area contributed by atoms with E-state index in [1.165, 1.54) is 31.4 Å². The molecule has 2 aromatic rings. The summed E-state index contributed by atoms with van der Waals surface area (Å²) in [4.78, 5) is 23.9. The van der Waals surface area contributed by atoms with Crippen molar-refractivity contribution in [3.8, 4) is 0 Å². The first-order valence-electron chi connectivity index (χ1n) is 7.43. The maximum atomic E-state index is 12.2. The normalized spacial score (nSPS) is 10.9. The number of hydrogen-bond acceptors (Lipinski definition) is 6. The maximum Gasteiger partial charge on any atom is 0.339 e. The number of hydrogen-bond donors (Lipinski definition) is 2.